The molecule has 0 saturated carbocycles. The van der Waals surface area contributed by atoms with Crippen molar-refractivity contribution < 1.29 is 13.0 Å². The Morgan fingerprint density at radius 3 is 2.64 bits per heavy atom. The molecule has 1 heterocycles. The van der Waals surface area contributed by atoms with Crippen LogP contribution in [0.5, 0.6) is 0 Å². The summed E-state index contributed by atoms with van der Waals surface area (Å²) in [6.45, 7) is 1.82. The Bertz CT molecular complexity index is 302. The Kier molecular flexibility index (Phi) is 2.01. The van der Waals surface area contributed by atoms with Crippen LogP contribution in [-0.2, 0) is 10.1 Å². The van der Waals surface area contributed by atoms with Gasteiger partial charge in [-0.3, -0.25) is 4.55 Å². The fourth-order valence-corrected chi connectivity index (χ4v) is 1.26. The first kappa shape index (κ1) is 8.29. The van der Waals surface area contributed by atoms with Crippen LogP contribution in [0.3, 0.4) is 0 Å². The van der Waals surface area contributed by atoms with Gasteiger partial charge in [0.1, 0.15) is 0 Å². The summed E-state index contributed by atoms with van der Waals surface area (Å²) >= 11 is 0. The minimum Gasteiger partial charge on any atom is -0.370 e. The highest BCUT2D eigenvalue weighted by Crippen LogP contribution is 2.06. The number of hydrogen-bond acceptors (Lipinski definition) is 3. The van der Waals surface area contributed by atoms with Gasteiger partial charge in [-0.2, -0.15) is 8.42 Å². The van der Waals surface area contributed by atoms with E-state index in [1.807, 2.05) is 6.92 Å². The molecule has 1 aliphatic rings. The molecule has 0 amide bonds. The largest absolute Gasteiger partial charge is 0.370 e. The third-order valence-electron chi connectivity index (χ3n) is 1.33. The summed E-state index contributed by atoms with van der Waals surface area (Å²) in [6.07, 6.45) is 4.57. The molecule has 4 nitrogen and oxygen atoms in total. The maximum atomic E-state index is 10.5. The van der Waals surface area contributed by atoms with Gasteiger partial charge in [-0.15, -0.1) is 0 Å². The molecule has 11 heavy (non-hydrogen) atoms. The van der Waals surface area contributed by atoms with Crippen molar-refractivity contribution in [2.24, 2.45) is 0 Å². The fraction of sp³-hybridized carbons (Fsp3) is 0.333. The lowest BCUT2D eigenvalue weighted by molar-refractivity contribution is 0.470. The minimum absolute atomic E-state index is 0.921. The molecule has 1 atom stereocenters. The van der Waals surface area contributed by atoms with E-state index in [2.05, 4.69) is 5.32 Å². The van der Waals surface area contributed by atoms with Crippen LogP contribution in [0.1, 0.15) is 6.92 Å². The summed E-state index contributed by atoms with van der Waals surface area (Å²) in [5.41, 5.74) is 0.921. The number of dihydropyridines is 1. The van der Waals surface area contributed by atoms with E-state index in [-0.39, 0.29) is 0 Å². The van der Waals surface area contributed by atoms with Crippen LogP contribution in [0.25, 0.3) is 0 Å². The van der Waals surface area contributed by atoms with Crippen LogP contribution in [-0.4, -0.2) is 18.3 Å². The first-order chi connectivity index (χ1) is 5.00. The van der Waals surface area contributed by atoms with Crippen LogP contribution in [0.15, 0.2) is 23.9 Å². The van der Waals surface area contributed by atoms with Gasteiger partial charge in [-0.05, 0) is 18.6 Å². The van der Waals surface area contributed by atoms with E-state index in [9.17, 15) is 8.42 Å². The maximum absolute atomic E-state index is 10.5. The molecule has 5 heteroatoms. The summed E-state index contributed by atoms with van der Waals surface area (Å²) in [5.74, 6) is 0. The molecule has 0 aliphatic carbocycles. The minimum atomic E-state index is -3.99. The molecule has 1 unspecified atom stereocenters. The van der Waals surface area contributed by atoms with Crippen LogP contribution in [0.4, 0.5) is 0 Å². The van der Waals surface area contributed by atoms with Crippen molar-refractivity contribution in [3.05, 3.63) is 23.9 Å². The summed E-state index contributed by atoms with van der Waals surface area (Å²) < 4.78 is 29.6. The van der Waals surface area contributed by atoms with Crippen molar-refractivity contribution in [3.63, 3.8) is 0 Å². The van der Waals surface area contributed by atoms with Crippen LogP contribution in [0, 0.1) is 0 Å². The number of hydrogen-bond donors (Lipinski definition) is 2. The van der Waals surface area contributed by atoms with Gasteiger partial charge in [0.25, 0.3) is 10.1 Å². The van der Waals surface area contributed by atoms with E-state index < -0.39 is 15.5 Å². The molecule has 0 fully saturated rings. The van der Waals surface area contributed by atoms with Crippen molar-refractivity contribution in [1.82, 2.24) is 5.32 Å². The van der Waals surface area contributed by atoms with Gasteiger partial charge < -0.3 is 5.32 Å². The lowest BCUT2D eigenvalue weighted by Crippen LogP contribution is -2.32. The first-order valence-electron chi connectivity index (χ1n) is 3.07. The summed E-state index contributed by atoms with van der Waals surface area (Å²) in [6, 6.07) is 0. The normalized spacial score (nSPS) is 24.2. The van der Waals surface area contributed by atoms with Gasteiger partial charge in [0.05, 0.1) is 0 Å². The van der Waals surface area contributed by atoms with Crippen molar-refractivity contribution in [1.29, 1.82) is 0 Å². The van der Waals surface area contributed by atoms with Gasteiger partial charge in [-0.25, -0.2) is 0 Å². The molecule has 0 saturated heterocycles. The zero-order valence-corrected chi connectivity index (χ0v) is 6.80. The molecule has 1 rings (SSSR count). The SMILES string of the molecule is CC1=CNC(S(=O)(=O)O)C=C1. The first-order valence-corrected chi connectivity index (χ1v) is 4.58. The lowest BCUT2D eigenvalue weighted by Gasteiger charge is -2.13. The summed E-state index contributed by atoms with van der Waals surface area (Å²) in [7, 11) is -3.99. The highest BCUT2D eigenvalue weighted by Gasteiger charge is 2.19. The van der Waals surface area contributed by atoms with Gasteiger partial charge in [0.15, 0.2) is 5.37 Å². The van der Waals surface area contributed by atoms with Crippen molar-refractivity contribution in [3.8, 4) is 0 Å². The number of rotatable bonds is 1. The molecule has 0 aromatic carbocycles. The zero-order valence-electron chi connectivity index (χ0n) is 5.98. The second-order valence-corrected chi connectivity index (χ2v) is 3.89. The Morgan fingerprint density at radius 1 is 1.64 bits per heavy atom. The van der Waals surface area contributed by atoms with Crippen LogP contribution < -0.4 is 5.32 Å². The molecule has 0 bridgehead atoms. The smallest absolute Gasteiger partial charge is 0.289 e. The number of nitrogens with one attached hydrogen (secondary N) is 1. The predicted octanol–water partition coefficient (Wildman–Crippen LogP) is 0.264. The monoisotopic (exact) mass is 175 g/mol. The average Bonchev–Trinajstić information content (AvgIpc) is 1.86. The zero-order chi connectivity index (χ0) is 8.48. The highest BCUT2D eigenvalue weighted by molar-refractivity contribution is 7.86. The molecule has 0 aromatic rings. The molecule has 1 aliphatic heterocycles. The number of allylic oxidation sites excluding steroid dienone is 2. The Labute approximate surface area is 65.4 Å². The van der Waals surface area contributed by atoms with Gasteiger partial charge >= 0.3 is 0 Å². The van der Waals surface area contributed by atoms with E-state index in [4.69, 9.17) is 4.55 Å². The molecule has 62 valence electrons. The van der Waals surface area contributed by atoms with Gasteiger partial charge in [0, 0.05) is 6.20 Å². The maximum Gasteiger partial charge on any atom is 0.289 e. The standard InChI is InChI=1S/C6H9NO3S/c1-5-2-3-6(7-4-5)11(8,9)10/h2-4,6-7H,1H3,(H,8,9,10). The Morgan fingerprint density at radius 2 is 2.27 bits per heavy atom. The highest BCUT2D eigenvalue weighted by atomic mass is 32.2. The molecule has 0 spiro atoms. The lowest BCUT2D eigenvalue weighted by atomic mass is 10.2. The Hall–Kier alpha value is -0.810. The van der Waals surface area contributed by atoms with E-state index in [0.717, 1.165) is 5.57 Å². The molecular weight excluding hydrogens is 166 g/mol. The quantitative estimate of drug-likeness (QED) is 0.561. The van der Waals surface area contributed by atoms with E-state index in [1.54, 1.807) is 12.3 Å². The third kappa shape index (κ3) is 2.06. The summed E-state index contributed by atoms with van der Waals surface area (Å²) in [5, 5.41) is 1.53. The van der Waals surface area contributed by atoms with Crippen molar-refractivity contribution in [2.75, 3.05) is 0 Å². The van der Waals surface area contributed by atoms with Crippen molar-refractivity contribution >= 4 is 10.1 Å². The predicted molar refractivity (Wildman–Crippen MR) is 41.4 cm³/mol. The van der Waals surface area contributed by atoms with Crippen LogP contribution in [0.2, 0.25) is 0 Å². The van der Waals surface area contributed by atoms with E-state index >= 15 is 0 Å². The molecule has 0 aromatic heterocycles. The topological polar surface area (TPSA) is 66.4 Å². The second-order valence-electron chi connectivity index (χ2n) is 2.35. The third-order valence-corrected chi connectivity index (χ3v) is 2.27. The van der Waals surface area contributed by atoms with Gasteiger partial charge in [-0.1, -0.05) is 6.08 Å². The van der Waals surface area contributed by atoms with E-state index in [1.165, 1.54) is 6.08 Å². The molecule has 2 N–H and O–H groups in total. The molecular formula is C6H9NO3S. The van der Waals surface area contributed by atoms with Gasteiger partial charge in [0.2, 0.25) is 0 Å². The Balaban J connectivity index is 2.79. The van der Waals surface area contributed by atoms with Crippen LogP contribution >= 0.6 is 0 Å². The second kappa shape index (κ2) is 2.67. The average molecular weight is 175 g/mol. The van der Waals surface area contributed by atoms with Crippen molar-refractivity contribution in [2.45, 2.75) is 12.3 Å². The molecule has 0 radical (unpaired) electrons. The van der Waals surface area contributed by atoms with E-state index in [0.29, 0.717) is 0 Å². The summed E-state index contributed by atoms with van der Waals surface area (Å²) in [4.78, 5) is 0. The fourth-order valence-electron chi connectivity index (χ4n) is 0.742.